The van der Waals surface area contributed by atoms with E-state index in [2.05, 4.69) is 4.98 Å². The van der Waals surface area contributed by atoms with Crippen LogP contribution in [-0.4, -0.2) is 40.5 Å². The first-order chi connectivity index (χ1) is 8.93. The van der Waals surface area contributed by atoms with E-state index in [9.17, 15) is 9.59 Å². The molecule has 0 atom stereocenters. The van der Waals surface area contributed by atoms with Gasteiger partial charge in [-0.2, -0.15) is 0 Å². The number of pyridine rings is 1. The minimum atomic E-state index is -1.06. The van der Waals surface area contributed by atoms with E-state index in [0.29, 0.717) is 13.0 Å². The highest BCUT2D eigenvalue weighted by molar-refractivity contribution is 6.01. The number of likely N-dealkylation sites (N-methyl/N-ethyl adjacent to an activating group) is 1. The van der Waals surface area contributed by atoms with Crippen molar-refractivity contribution in [2.24, 2.45) is 0 Å². The molecular formula is C14H18N2O3. The fourth-order valence-electron chi connectivity index (χ4n) is 1.55. The molecule has 1 amide bonds. The van der Waals surface area contributed by atoms with Crippen LogP contribution in [0, 0.1) is 0 Å². The summed E-state index contributed by atoms with van der Waals surface area (Å²) in [6.45, 7) is 3.51. The zero-order chi connectivity index (χ0) is 14.4. The number of carboxylic acid groups (broad SMARTS) is 1. The van der Waals surface area contributed by atoms with Gasteiger partial charge in [-0.3, -0.25) is 9.78 Å². The summed E-state index contributed by atoms with van der Waals surface area (Å²) in [5, 5.41) is 8.86. The standard InChI is InChI=1S/C14H18N2O3/c1-10(11(2)14(18)19)13(17)16(3)9-6-12-4-7-15-8-5-12/h4-5,7-8H,6,9H2,1-3H3,(H,18,19). The van der Waals surface area contributed by atoms with Crippen molar-refractivity contribution in [2.45, 2.75) is 20.3 Å². The second kappa shape index (κ2) is 6.68. The van der Waals surface area contributed by atoms with Crippen LogP contribution >= 0.6 is 0 Å². The number of carbonyl (C=O) groups excluding carboxylic acids is 1. The average Bonchev–Trinajstić information content (AvgIpc) is 2.43. The number of amides is 1. The van der Waals surface area contributed by atoms with Crippen LogP contribution < -0.4 is 0 Å². The molecule has 1 aromatic rings. The lowest BCUT2D eigenvalue weighted by molar-refractivity contribution is -0.133. The Kier molecular flexibility index (Phi) is 5.23. The molecular weight excluding hydrogens is 244 g/mol. The summed E-state index contributed by atoms with van der Waals surface area (Å²) in [4.78, 5) is 28.3. The van der Waals surface area contributed by atoms with Gasteiger partial charge in [-0.25, -0.2) is 4.79 Å². The molecule has 5 heteroatoms. The molecule has 0 fully saturated rings. The average molecular weight is 262 g/mol. The van der Waals surface area contributed by atoms with Gasteiger partial charge in [0, 0.05) is 37.1 Å². The molecule has 0 bridgehead atoms. The van der Waals surface area contributed by atoms with Gasteiger partial charge in [0.05, 0.1) is 0 Å². The highest BCUT2D eigenvalue weighted by Crippen LogP contribution is 2.08. The van der Waals surface area contributed by atoms with E-state index in [0.717, 1.165) is 5.56 Å². The molecule has 0 saturated carbocycles. The summed E-state index contributed by atoms with van der Waals surface area (Å²) < 4.78 is 0. The minimum absolute atomic E-state index is 0.0840. The molecule has 102 valence electrons. The van der Waals surface area contributed by atoms with Crippen LogP contribution in [0.5, 0.6) is 0 Å². The predicted octanol–water partition coefficient (Wildman–Crippen LogP) is 1.50. The van der Waals surface area contributed by atoms with Crippen LogP contribution in [-0.2, 0) is 16.0 Å². The number of aromatic nitrogens is 1. The molecule has 0 saturated heterocycles. The molecule has 19 heavy (non-hydrogen) atoms. The zero-order valence-corrected chi connectivity index (χ0v) is 11.4. The van der Waals surface area contributed by atoms with Gasteiger partial charge >= 0.3 is 5.97 Å². The van der Waals surface area contributed by atoms with E-state index in [-0.39, 0.29) is 17.1 Å². The van der Waals surface area contributed by atoms with Crippen LogP contribution in [0.2, 0.25) is 0 Å². The van der Waals surface area contributed by atoms with Crippen molar-refractivity contribution in [3.05, 3.63) is 41.2 Å². The van der Waals surface area contributed by atoms with Crippen molar-refractivity contribution >= 4 is 11.9 Å². The number of nitrogens with zero attached hydrogens (tertiary/aromatic N) is 2. The van der Waals surface area contributed by atoms with Gasteiger partial charge in [-0.1, -0.05) is 0 Å². The van der Waals surface area contributed by atoms with Gasteiger partial charge in [-0.15, -0.1) is 0 Å². The summed E-state index contributed by atoms with van der Waals surface area (Å²) in [7, 11) is 1.67. The Morgan fingerprint density at radius 1 is 1.21 bits per heavy atom. The van der Waals surface area contributed by atoms with Gasteiger partial charge < -0.3 is 10.0 Å². The lowest BCUT2D eigenvalue weighted by Gasteiger charge is -2.18. The van der Waals surface area contributed by atoms with Gasteiger partial charge in [0.25, 0.3) is 0 Å². The maximum atomic E-state index is 12.0. The topological polar surface area (TPSA) is 70.5 Å². The van der Waals surface area contributed by atoms with Crippen LogP contribution in [0.3, 0.4) is 0 Å². The van der Waals surface area contributed by atoms with Gasteiger partial charge in [-0.05, 0) is 38.0 Å². The smallest absolute Gasteiger partial charge is 0.331 e. The Balaban J connectivity index is 2.64. The summed E-state index contributed by atoms with van der Waals surface area (Å²) >= 11 is 0. The van der Waals surface area contributed by atoms with Crippen LogP contribution in [0.4, 0.5) is 0 Å². The molecule has 0 aliphatic carbocycles. The Labute approximate surface area is 112 Å². The summed E-state index contributed by atoms with van der Waals surface area (Å²) in [6.07, 6.45) is 4.12. The number of carbonyl (C=O) groups is 2. The normalized spacial score (nSPS) is 11.7. The highest BCUT2D eigenvalue weighted by Gasteiger charge is 2.16. The van der Waals surface area contributed by atoms with Crippen LogP contribution in [0.1, 0.15) is 19.4 Å². The molecule has 0 aliphatic heterocycles. The molecule has 5 nitrogen and oxygen atoms in total. The number of aliphatic carboxylic acids is 1. The van der Waals surface area contributed by atoms with Crippen molar-refractivity contribution in [3.63, 3.8) is 0 Å². The predicted molar refractivity (Wildman–Crippen MR) is 71.6 cm³/mol. The molecule has 0 unspecified atom stereocenters. The van der Waals surface area contributed by atoms with Crippen molar-refractivity contribution in [1.82, 2.24) is 9.88 Å². The third kappa shape index (κ3) is 4.21. The number of rotatable bonds is 5. The second-order valence-electron chi connectivity index (χ2n) is 4.39. The van der Waals surface area contributed by atoms with E-state index in [1.165, 1.54) is 18.7 Å². The Bertz CT molecular complexity index is 495. The lowest BCUT2D eigenvalue weighted by Crippen LogP contribution is -2.30. The van der Waals surface area contributed by atoms with E-state index in [1.807, 2.05) is 12.1 Å². The maximum Gasteiger partial charge on any atom is 0.331 e. The summed E-state index contributed by atoms with van der Waals surface area (Å²) in [6, 6.07) is 3.78. The largest absolute Gasteiger partial charge is 0.478 e. The van der Waals surface area contributed by atoms with Crippen LogP contribution in [0.15, 0.2) is 35.7 Å². The molecule has 0 aromatic carbocycles. The van der Waals surface area contributed by atoms with Gasteiger partial charge in [0.2, 0.25) is 5.91 Å². The van der Waals surface area contributed by atoms with Crippen molar-refractivity contribution in [2.75, 3.05) is 13.6 Å². The van der Waals surface area contributed by atoms with Gasteiger partial charge in [0.1, 0.15) is 0 Å². The quantitative estimate of drug-likeness (QED) is 0.816. The first-order valence-electron chi connectivity index (χ1n) is 5.98. The third-order valence-electron chi connectivity index (χ3n) is 3.04. The maximum absolute atomic E-state index is 12.0. The number of hydrogen-bond acceptors (Lipinski definition) is 3. The molecule has 0 aliphatic rings. The third-order valence-corrected chi connectivity index (χ3v) is 3.04. The summed E-state index contributed by atoms with van der Waals surface area (Å²) in [5.74, 6) is -1.32. The first-order valence-corrected chi connectivity index (χ1v) is 5.98. The van der Waals surface area contributed by atoms with Gasteiger partial charge in [0.15, 0.2) is 0 Å². The van der Waals surface area contributed by atoms with Crippen molar-refractivity contribution in [3.8, 4) is 0 Å². The SMILES string of the molecule is CC(C(=O)O)=C(C)C(=O)N(C)CCc1ccncc1. The molecule has 1 heterocycles. The lowest BCUT2D eigenvalue weighted by atomic mass is 10.1. The Morgan fingerprint density at radius 2 is 1.79 bits per heavy atom. The molecule has 1 N–H and O–H groups in total. The zero-order valence-electron chi connectivity index (χ0n) is 11.4. The van der Waals surface area contributed by atoms with E-state index < -0.39 is 5.97 Å². The number of carboxylic acids is 1. The second-order valence-corrected chi connectivity index (χ2v) is 4.39. The fraction of sp³-hybridized carbons (Fsp3) is 0.357. The molecule has 1 rings (SSSR count). The molecule has 0 spiro atoms. The highest BCUT2D eigenvalue weighted by atomic mass is 16.4. The van der Waals surface area contributed by atoms with E-state index >= 15 is 0 Å². The monoisotopic (exact) mass is 262 g/mol. The van der Waals surface area contributed by atoms with Crippen molar-refractivity contribution < 1.29 is 14.7 Å². The molecule has 1 aromatic heterocycles. The Morgan fingerprint density at radius 3 is 2.32 bits per heavy atom. The van der Waals surface area contributed by atoms with Crippen LogP contribution in [0.25, 0.3) is 0 Å². The Hall–Kier alpha value is -2.17. The summed E-state index contributed by atoms with van der Waals surface area (Å²) in [5.41, 5.74) is 1.44. The molecule has 0 radical (unpaired) electrons. The first kappa shape index (κ1) is 14.9. The van der Waals surface area contributed by atoms with E-state index in [1.54, 1.807) is 19.4 Å². The number of hydrogen-bond donors (Lipinski definition) is 1. The van der Waals surface area contributed by atoms with E-state index in [4.69, 9.17) is 5.11 Å². The minimum Gasteiger partial charge on any atom is -0.478 e. The van der Waals surface area contributed by atoms with Crippen molar-refractivity contribution in [1.29, 1.82) is 0 Å². The fourth-order valence-corrected chi connectivity index (χ4v) is 1.55.